The summed E-state index contributed by atoms with van der Waals surface area (Å²) >= 11 is 0. The maximum atomic E-state index is 14.0. The number of alkyl halides is 3. The Morgan fingerprint density at radius 1 is 1.10 bits per heavy atom. The van der Waals surface area contributed by atoms with Gasteiger partial charge in [0.2, 0.25) is 0 Å². The fourth-order valence-corrected chi connectivity index (χ4v) is 3.60. The second-order valence-electron chi connectivity index (χ2n) is 6.89. The number of rotatable bonds is 4. The fraction of sp³-hybridized carbons (Fsp3) is 0.300. The highest BCUT2D eigenvalue weighted by atomic mass is 19.4. The van der Waals surface area contributed by atoms with Gasteiger partial charge in [0, 0.05) is 36.7 Å². The summed E-state index contributed by atoms with van der Waals surface area (Å²) in [5.74, 6) is -1.49. The van der Waals surface area contributed by atoms with E-state index in [1.807, 2.05) is 24.5 Å². The fourth-order valence-electron chi connectivity index (χ4n) is 3.60. The van der Waals surface area contributed by atoms with Gasteiger partial charge in [-0.3, -0.25) is 10.1 Å². The number of nitrogens with one attached hydrogen (secondary N) is 1. The van der Waals surface area contributed by atoms with Crippen molar-refractivity contribution < 1.29 is 22.3 Å². The van der Waals surface area contributed by atoms with E-state index in [2.05, 4.69) is 24.8 Å². The van der Waals surface area contributed by atoms with Crippen molar-refractivity contribution in [3.05, 3.63) is 60.3 Å². The Balaban J connectivity index is 1.49. The van der Waals surface area contributed by atoms with E-state index in [0.717, 1.165) is 43.8 Å². The van der Waals surface area contributed by atoms with Gasteiger partial charge in [0.05, 0.1) is 11.9 Å². The average Bonchev–Trinajstić information content (AvgIpc) is 3.24. The molecule has 1 fully saturated rings. The first-order chi connectivity index (χ1) is 13.9. The molecule has 2 aromatic heterocycles. The lowest BCUT2D eigenvalue weighted by Gasteiger charge is -2.33. The molecular weight excluding hydrogens is 388 g/mol. The van der Waals surface area contributed by atoms with Crippen LogP contribution in [0.5, 0.6) is 5.75 Å². The second kappa shape index (κ2) is 7.73. The van der Waals surface area contributed by atoms with Gasteiger partial charge in [0.1, 0.15) is 0 Å². The summed E-state index contributed by atoms with van der Waals surface area (Å²) < 4.78 is 54.6. The molecule has 0 spiro atoms. The second-order valence-corrected chi connectivity index (χ2v) is 6.89. The summed E-state index contributed by atoms with van der Waals surface area (Å²) in [5.41, 5.74) is 3.01. The van der Waals surface area contributed by atoms with Crippen molar-refractivity contribution in [2.45, 2.75) is 25.1 Å². The summed E-state index contributed by atoms with van der Waals surface area (Å²) in [7, 11) is 0. The first-order valence-electron chi connectivity index (χ1n) is 9.14. The molecule has 1 saturated heterocycles. The van der Waals surface area contributed by atoms with Crippen LogP contribution in [0, 0.1) is 5.82 Å². The van der Waals surface area contributed by atoms with Gasteiger partial charge in [0.15, 0.2) is 11.6 Å². The Labute approximate surface area is 164 Å². The van der Waals surface area contributed by atoms with E-state index in [9.17, 15) is 17.6 Å². The number of aromatic amines is 1. The molecule has 0 radical (unpaired) electrons. The van der Waals surface area contributed by atoms with Crippen LogP contribution in [0.15, 0.2) is 48.9 Å². The number of anilines is 1. The lowest BCUT2D eigenvalue weighted by molar-refractivity contribution is -0.275. The molecule has 9 heteroatoms. The van der Waals surface area contributed by atoms with Crippen LogP contribution in [0.4, 0.5) is 23.2 Å². The third-order valence-electron chi connectivity index (χ3n) is 5.05. The van der Waals surface area contributed by atoms with Crippen LogP contribution in [0.2, 0.25) is 0 Å². The van der Waals surface area contributed by atoms with Crippen LogP contribution in [0.1, 0.15) is 24.3 Å². The monoisotopic (exact) mass is 406 g/mol. The number of piperidine rings is 1. The first kappa shape index (κ1) is 19.2. The summed E-state index contributed by atoms with van der Waals surface area (Å²) in [6.07, 6.45) is 2.41. The third kappa shape index (κ3) is 4.49. The van der Waals surface area contributed by atoms with Gasteiger partial charge in [-0.15, -0.1) is 13.2 Å². The Kier molecular flexibility index (Phi) is 5.12. The van der Waals surface area contributed by atoms with Crippen molar-refractivity contribution in [1.82, 2.24) is 15.2 Å². The Hall–Kier alpha value is -3.10. The van der Waals surface area contributed by atoms with E-state index >= 15 is 0 Å². The van der Waals surface area contributed by atoms with E-state index in [1.165, 1.54) is 11.6 Å². The summed E-state index contributed by atoms with van der Waals surface area (Å²) in [5, 5.41) is 6.85. The largest absolute Gasteiger partial charge is 0.573 e. The van der Waals surface area contributed by atoms with Crippen molar-refractivity contribution in [3.8, 4) is 17.0 Å². The zero-order valence-corrected chi connectivity index (χ0v) is 15.3. The van der Waals surface area contributed by atoms with Gasteiger partial charge < -0.3 is 9.64 Å². The van der Waals surface area contributed by atoms with Crippen molar-refractivity contribution in [2.24, 2.45) is 0 Å². The highest BCUT2D eigenvalue weighted by Gasteiger charge is 2.32. The van der Waals surface area contributed by atoms with Crippen LogP contribution in [-0.2, 0) is 0 Å². The molecule has 0 atom stereocenters. The maximum Gasteiger partial charge on any atom is 0.573 e. The Bertz CT molecular complexity index is 967. The molecule has 3 aromatic rings. The molecule has 1 aliphatic heterocycles. The number of halogens is 4. The number of H-pyrrole nitrogens is 1. The van der Waals surface area contributed by atoms with Gasteiger partial charge in [-0.2, -0.15) is 5.10 Å². The number of pyridine rings is 1. The minimum atomic E-state index is -4.94. The normalized spacial score (nSPS) is 15.5. The maximum absolute atomic E-state index is 14.0. The molecule has 0 amide bonds. The number of nitrogens with zero attached hydrogens (tertiary/aromatic N) is 3. The number of ether oxygens (including phenoxy) is 1. The van der Waals surface area contributed by atoms with Crippen LogP contribution in [-0.4, -0.2) is 34.6 Å². The first-order valence-corrected chi connectivity index (χ1v) is 9.14. The minimum Gasteiger partial charge on any atom is -0.403 e. The molecule has 0 saturated carbocycles. The van der Waals surface area contributed by atoms with E-state index in [-0.39, 0.29) is 0 Å². The van der Waals surface area contributed by atoms with Gasteiger partial charge >= 0.3 is 6.36 Å². The van der Waals surface area contributed by atoms with Crippen LogP contribution < -0.4 is 9.64 Å². The quantitative estimate of drug-likeness (QED) is 0.627. The molecule has 4 rings (SSSR count). The van der Waals surface area contributed by atoms with E-state index < -0.39 is 17.9 Å². The van der Waals surface area contributed by atoms with Crippen LogP contribution >= 0.6 is 0 Å². The molecule has 0 bridgehead atoms. The number of benzene rings is 1. The molecule has 1 aromatic carbocycles. The van der Waals surface area contributed by atoms with Crippen molar-refractivity contribution in [2.75, 3.05) is 18.0 Å². The summed E-state index contributed by atoms with van der Waals surface area (Å²) in [6.45, 7) is 1.71. The predicted molar refractivity (Wildman–Crippen MR) is 99.1 cm³/mol. The van der Waals surface area contributed by atoms with Crippen LogP contribution in [0.3, 0.4) is 0 Å². The van der Waals surface area contributed by atoms with Crippen LogP contribution in [0.25, 0.3) is 11.3 Å². The molecule has 1 aliphatic rings. The molecular formula is C20H18F4N4O. The van der Waals surface area contributed by atoms with Crippen molar-refractivity contribution in [1.29, 1.82) is 0 Å². The summed E-state index contributed by atoms with van der Waals surface area (Å²) in [6, 6.07) is 7.01. The molecule has 5 nitrogen and oxygen atoms in total. The minimum absolute atomic E-state index is 0.382. The van der Waals surface area contributed by atoms with Crippen molar-refractivity contribution >= 4 is 5.69 Å². The molecule has 0 unspecified atom stereocenters. The topological polar surface area (TPSA) is 54.0 Å². The Morgan fingerprint density at radius 3 is 2.55 bits per heavy atom. The smallest absolute Gasteiger partial charge is 0.403 e. The predicted octanol–water partition coefficient (Wildman–Crippen LogP) is 4.89. The highest BCUT2D eigenvalue weighted by Crippen LogP contribution is 2.33. The number of aromatic nitrogens is 3. The molecule has 0 aliphatic carbocycles. The number of hydrogen-bond donors (Lipinski definition) is 1. The van der Waals surface area contributed by atoms with Gasteiger partial charge in [-0.05, 0) is 54.7 Å². The summed E-state index contributed by atoms with van der Waals surface area (Å²) in [4.78, 5) is 6.46. The average molecular weight is 406 g/mol. The zero-order valence-electron chi connectivity index (χ0n) is 15.3. The molecule has 1 N–H and O–H groups in total. The third-order valence-corrected chi connectivity index (χ3v) is 5.05. The highest BCUT2D eigenvalue weighted by molar-refractivity contribution is 5.65. The molecule has 3 heterocycles. The lowest BCUT2D eigenvalue weighted by atomic mass is 9.91. The van der Waals surface area contributed by atoms with Gasteiger partial charge in [-0.1, -0.05) is 0 Å². The zero-order chi connectivity index (χ0) is 20.4. The molecule has 29 heavy (non-hydrogen) atoms. The molecule has 152 valence electrons. The number of hydrogen-bond acceptors (Lipinski definition) is 4. The van der Waals surface area contributed by atoms with E-state index in [0.29, 0.717) is 17.2 Å². The Morgan fingerprint density at radius 2 is 1.90 bits per heavy atom. The lowest BCUT2D eigenvalue weighted by Crippen LogP contribution is -2.32. The SMILES string of the molecule is Fc1cc(-c2cc(N3CCC(c4cn[nH]c4)CC3)ccn2)ccc1OC(F)(F)F. The van der Waals surface area contributed by atoms with E-state index in [1.54, 1.807) is 6.20 Å². The van der Waals surface area contributed by atoms with Crippen molar-refractivity contribution in [3.63, 3.8) is 0 Å². The standard InChI is InChI=1S/C20H18F4N4O/c21-17-9-14(1-2-19(17)29-20(22,23)24)18-10-16(3-6-25-18)28-7-4-13(5-8-28)15-11-26-27-12-15/h1-3,6,9-13H,4-5,7-8H2,(H,26,27). The van der Waals surface area contributed by atoms with E-state index in [4.69, 9.17) is 0 Å². The van der Waals surface area contributed by atoms with Gasteiger partial charge in [-0.25, -0.2) is 4.39 Å². The van der Waals surface area contributed by atoms with Gasteiger partial charge in [0.25, 0.3) is 0 Å².